The van der Waals surface area contributed by atoms with Crippen molar-refractivity contribution in [3.05, 3.63) is 36.4 Å². The van der Waals surface area contributed by atoms with Crippen LogP contribution >= 0.6 is 0 Å². The molecule has 8 heteroatoms. The van der Waals surface area contributed by atoms with Gasteiger partial charge in [-0.15, -0.1) is 5.10 Å². The van der Waals surface area contributed by atoms with Crippen LogP contribution in [0.15, 0.2) is 30.7 Å². The second kappa shape index (κ2) is 8.47. The Morgan fingerprint density at radius 1 is 1.15 bits per heavy atom. The van der Waals surface area contributed by atoms with Crippen LogP contribution in [0.1, 0.15) is 36.2 Å². The molecule has 0 saturated carbocycles. The lowest BCUT2D eigenvalue weighted by Gasteiger charge is -2.35. The lowest BCUT2D eigenvalue weighted by Crippen LogP contribution is -2.48. The molecule has 2 fully saturated rings. The van der Waals surface area contributed by atoms with Gasteiger partial charge in [-0.05, 0) is 37.9 Å². The van der Waals surface area contributed by atoms with Gasteiger partial charge >= 0.3 is 0 Å². The van der Waals surface area contributed by atoms with Crippen LogP contribution in [0.2, 0.25) is 0 Å². The zero-order valence-corrected chi connectivity index (χ0v) is 15.6. The number of amides is 1. The quantitative estimate of drug-likeness (QED) is 0.852. The molecule has 2 aliphatic rings. The maximum absolute atomic E-state index is 12.7. The molecule has 0 bridgehead atoms. The number of nitrogens with one attached hydrogen (secondary N) is 1. The van der Waals surface area contributed by atoms with Gasteiger partial charge in [-0.2, -0.15) is 0 Å². The van der Waals surface area contributed by atoms with E-state index >= 15 is 0 Å². The molecule has 27 heavy (non-hydrogen) atoms. The van der Waals surface area contributed by atoms with E-state index in [0.717, 1.165) is 38.3 Å². The second-order valence-corrected chi connectivity index (χ2v) is 7.29. The van der Waals surface area contributed by atoms with Gasteiger partial charge in [-0.1, -0.05) is 11.6 Å². The molecule has 0 aliphatic carbocycles. The van der Waals surface area contributed by atoms with Crippen molar-refractivity contribution >= 4 is 11.6 Å². The maximum Gasteiger partial charge on any atom is 0.276 e. The number of hydrogen-bond donors (Lipinski definition) is 1. The van der Waals surface area contributed by atoms with Crippen LogP contribution in [-0.2, 0) is 6.54 Å². The molecule has 144 valence electrons. The monoisotopic (exact) mass is 369 g/mol. The van der Waals surface area contributed by atoms with E-state index < -0.39 is 0 Å². The molecule has 0 aromatic carbocycles. The van der Waals surface area contributed by atoms with E-state index in [2.05, 4.69) is 25.5 Å². The summed E-state index contributed by atoms with van der Waals surface area (Å²) in [5, 5.41) is 11.8. The topological polar surface area (TPSA) is 79.2 Å². The Hall–Kier alpha value is -2.48. The molecule has 2 aromatic heterocycles. The molecular weight excluding hydrogens is 342 g/mol. The zero-order valence-electron chi connectivity index (χ0n) is 15.6. The summed E-state index contributed by atoms with van der Waals surface area (Å²) in [6.45, 7) is 4.93. The Kier molecular flexibility index (Phi) is 5.62. The average Bonchev–Trinajstić information content (AvgIpc) is 3.22. The third kappa shape index (κ3) is 4.44. The van der Waals surface area contributed by atoms with Crippen LogP contribution < -0.4 is 10.2 Å². The molecule has 1 N–H and O–H groups in total. The van der Waals surface area contributed by atoms with Gasteiger partial charge in [0.1, 0.15) is 0 Å². The number of pyridine rings is 1. The Bertz CT molecular complexity index is 734. The van der Waals surface area contributed by atoms with Gasteiger partial charge in [-0.3, -0.25) is 14.5 Å². The first-order valence-corrected chi connectivity index (χ1v) is 9.87. The SMILES string of the molecule is O=C(c1cn(CC[C@H]2CCCCN2)nn1)N1CCN(c2ccncc2)CC1. The van der Waals surface area contributed by atoms with Crippen molar-refractivity contribution in [2.45, 2.75) is 38.3 Å². The number of nitrogens with zero attached hydrogens (tertiary/aromatic N) is 6. The molecule has 2 aromatic rings. The highest BCUT2D eigenvalue weighted by atomic mass is 16.2. The highest BCUT2D eigenvalue weighted by Crippen LogP contribution is 2.16. The van der Waals surface area contributed by atoms with E-state index in [-0.39, 0.29) is 5.91 Å². The van der Waals surface area contributed by atoms with Crippen LogP contribution in [-0.4, -0.2) is 69.6 Å². The molecule has 4 rings (SSSR count). The molecule has 1 atom stereocenters. The van der Waals surface area contributed by atoms with E-state index in [1.807, 2.05) is 17.0 Å². The fourth-order valence-corrected chi connectivity index (χ4v) is 3.85. The van der Waals surface area contributed by atoms with Crippen molar-refractivity contribution in [3.63, 3.8) is 0 Å². The molecule has 8 nitrogen and oxygen atoms in total. The number of hydrogen-bond acceptors (Lipinski definition) is 6. The van der Waals surface area contributed by atoms with E-state index in [0.29, 0.717) is 24.8 Å². The Labute approximate surface area is 159 Å². The molecule has 2 saturated heterocycles. The number of carbonyl (C=O) groups is 1. The first-order valence-electron chi connectivity index (χ1n) is 9.87. The largest absolute Gasteiger partial charge is 0.368 e. The van der Waals surface area contributed by atoms with Gasteiger partial charge in [-0.25, -0.2) is 0 Å². The summed E-state index contributed by atoms with van der Waals surface area (Å²) in [6, 6.07) is 4.57. The molecule has 0 unspecified atom stereocenters. The predicted molar refractivity (Wildman–Crippen MR) is 103 cm³/mol. The molecule has 0 radical (unpaired) electrons. The molecule has 1 amide bonds. The van der Waals surface area contributed by atoms with Crippen LogP contribution in [0.5, 0.6) is 0 Å². The summed E-state index contributed by atoms with van der Waals surface area (Å²) in [4.78, 5) is 20.9. The number of anilines is 1. The first kappa shape index (κ1) is 17.9. The zero-order chi connectivity index (χ0) is 18.5. The van der Waals surface area contributed by atoms with Crippen LogP contribution in [0.25, 0.3) is 0 Å². The van der Waals surface area contributed by atoms with E-state index in [1.165, 1.54) is 19.3 Å². The number of aryl methyl sites for hydroxylation is 1. The normalized spacial score (nSPS) is 20.7. The summed E-state index contributed by atoms with van der Waals surface area (Å²) in [7, 11) is 0. The second-order valence-electron chi connectivity index (χ2n) is 7.29. The highest BCUT2D eigenvalue weighted by molar-refractivity contribution is 5.92. The lowest BCUT2D eigenvalue weighted by atomic mass is 10.0. The summed E-state index contributed by atoms with van der Waals surface area (Å²) in [5.41, 5.74) is 1.60. The molecule has 0 spiro atoms. The van der Waals surface area contributed by atoms with Crippen LogP contribution in [0, 0.1) is 0 Å². The maximum atomic E-state index is 12.7. The predicted octanol–water partition coefficient (Wildman–Crippen LogP) is 1.17. The third-order valence-corrected chi connectivity index (χ3v) is 5.47. The standard InChI is InChI=1S/C19H27N7O/c27-19(25-13-11-24(12-14-25)17-4-8-20-9-5-17)18-15-26(23-22-18)10-6-16-3-1-2-7-21-16/h4-5,8-9,15-16,21H,1-3,6-7,10-14H2/t16-/m1/s1. The van der Waals surface area contributed by atoms with E-state index in [9.17, 15) is 4.79 Å². The lowest BCUT2D eigenvalue weighted by molar-refractivity contribution is 0.0740. The van der Waals surface area contributed by atoms with Crippen molar-refractivity contribution in [2.75, 3.05) is 37.6 Å². The smallest absolute Gasteiger partial charge is 0.276 e. The molecule has 4 heterocycles. The van der Waals surface area contributed by atoms with Gasteiger partial charge < -0.3 is 15.1 Å². The number of rotatable bonds is 5. The van der Waals surface area contributed by atoms with E-state index in [1.54, 1.807) is 23.3 Å². The summed E-state index contributed by atoms with van der Waals surface area (Å²) >= 11 is 0. The molecule has 2 aliphatic heterocycles. The third-order valence-electron chi connectivity index (χ3n) is 5.47. The minimum Gasteiger partial charge on any atom is -0.368 e. The Morgan fingerprint density at radius 3 is 2.70 bits per heavy atom. The number of carbonyl (C=O) groups excluding carboxylic acids is 1. The van der Waals surface area contributed by atoms with Crippen molar-refractivity contribution < 1.29 is 4.79 Å². The first-order chi connectivity index (χ1) is 13.3. The number of piperidine rings is 1. The minimum absolute atomic E-state index is 0.0218. The molecular formula is C19H27N7O. The highest BCUT2D eigenvalue weighted by Gasteiger charge is 2.24. The summed E-state index contributed by atoms with van der Waals surface area (Å²) < 4.78 is 1.80. The number of piperazine rings is 1. The summed E-state index contributed by atoms with van der Waals surface area (Å²) in [5.74, 6) is -0.0218. The van der Waals surface area contributed by atoms with Crippen LogP contribution in [0.4, 0.5) is 5.69 Å². The van der Waals surface area contributed by atoms with Gasteiger partial charge in [0.15, 0.2) is 5.69 Å². The van der Waals surface area contributed by atoms with Crippen molar-refractivity contribution in [1.29, 1.82) is 0 Å². The fraction of sp³-hybridized carbons (Fsp3) is 0.579. The van der Waals surface area contributed by atoms with E-state index in [4.69, 9.17) is 0 Å². The average molecular weight is 369 g/mol. The van der Waals surface area contributed by atoms with Gasteiger partial charge in [0.25, 0.3) is 5.91 Å². The Balaban J connectivity index is 1.28. The van der Waals surface area contributed by atoms with Crippen molar-refractivity contribution in [3.8, 4) is 0 Å². The number of aromatic nitrogens is 4. The fourth-order valence-electron chi connectivity index (χ4n) is 3.85. The van der Waals surface area contributed by atoms with Crippen molar-refractivity contribution in [2.24, 2.45) is 0 Å². The van der Waals surface area contributed by atoms with Gasteiger partial charge in [0.2, 0.25) is 0 Å². The van der Waals surface area contributed by atoms with Gasteiger partial charge in [0.05, 0.1) is 6.20 Å². The minimum atomic E-state index is -0.0218. The summed E-state index contributed by atoms with van der Waals surface area (Å²) in [6.07, 6.45) is 10.2. The van der Waals surface area contributed by atoms with Gasteiger partial charge in [0, 0.05) is 56.8 Å². The Morgan fingerprint density at radius 2 is 1.96 bits per heavy atom. The van der Waals surface area contributed by atoms with Crippen molar-refractivity contribution in [1.82, 2.24) is 30.2 Å². The van der Waals surface area contributed by atoms with Crippen LogP contribution in [0.3, 0.4) is 0 Å².